The molecule has 5 nitrogen and oxygen atoms in total. The first-order valence-electron chi connectivity index (χ1n) is 4.20. The summed E-state index contributed by atoms with van der Waals surface area (Å²) < 4.78 is 6.17. The standard InChI is InChI=1S/C9H8ClN3O2/c1-13-6-5(3-4-11-7(6)10)12-8(13)9(14)15-2/h3-4H,1-2H3. The van der Waals surface area contributed by atoms with Gasteiger partial charge >= 0.3 is 5.97 Å². The van der Waals surface area contributed by atoms with E-state index in [0.717, 1.165) is 0 Å². The lowest BCUT2D eigenvalue weighted by atomic mass is 10.4. The van der Waals surface area contributed by atoms with E-state index in [-0.39, 0.29) is 5.82 Å². The Morgan fingerprint density at radius 1 is 1.60 bits per heavy atom. The Morgan fingerprint density at radius 3 is 2.93 bits per heavy atom. The topological polar surface area (TPSA) is 57.0 Å². The minimum Gasteiger partial charge on any atom is -0.463 e. The second kappa shape index (κ2) is 3.51. The lowest BCUT2D eigenvalue weighted by Crippen LogP contribution is -2.08. The Bertz CT molecular complexity index is 535. The Kier molecular flexibility index (Phi) is 2.32. The van der Waals surface area contributed by atoms with Crippen LogP contribution in [-0.4, -0.2) is 27.6 Å². The van der Waals surface area contributed by atoms with E-state index < -0.39 is 5.97 Å². The number of aryl methyl sites for hydroxylation is 1. The van der Waals surface area contributed by atoms with E-state index in [1.807, 2.05) is 0 Å². The van der Waals surface area contributed by atoms with Gasteiger partial charge in [-0.05, 0) is 6.07 Å². The average molecular weight is 226 g/mol. The highest BCUT2D eigenvalue weighted by atomic mass is 35.5. The van der Waals surface area contributed by atoms with Crippen molar-refractivity contribution in [3.8, 4) is 0 Å². The zero-order valence-electron chi connectivity index (χ0n) is 8.19. The molecular weight excluding hydrogens is 218 g/mol. The third-order valence-corrected chi connectivity index (χ3v) is 2.38. The highest BCUT2D eigenvalue weighted by molar-refractivity contribution is 6.33. The molecule has 0 atom stereocenters. The summed E-state index contributed by atoms with van der Waals surface area (Å²) >= 11 is 5.90. The summed E-state index contributed by atoms with van der Waals surface area (Å²) in [7, 11) is 3.00. The van der Waals surface area contributed by atoms with Gasteiger partial charge in [0.2, 0.25) is 5.82 Å². The number of rotatable bonds is 1. The van der Waals surface area contributed by atoms with Gasteiger partial charge in [0.1, 0.15) is 5.52 Å². The minimum atomic E-state index is -0.496. The van der Waals surface area contributed by atoms with Gasteiger partial charge in [-0.2, -0.15) is 0 Å². The number of ether oxygens (including phenoxy) is 1. The van der Waals surface area contributed by atoms with Crippen molar-refractivity contribution in [2.45, 2.75) is 0 Å². The Morgan fingerprint density at radius 2 is 2.33 bits per heavy atom. The summed E-state index contributed by atoms with van der Waals surface area (Å²) in [4.78, 5) is 19.4. The number of halogens is 1. The minimum absolute atomic E-state index is 0.211. The fourth-order valence-electron chi connectivity index (χ4n) is 1.39. The van der Waals surface area contributed by atoms with Gasteiger partial charge in [0.25, 0.3) is 0 Å². The van der Waals surface area contributed by atoms with Gasteiger partial charge in [-0.3, -0.25) is 0 Å². The number of imidazole rings is 1. The van der Waals surface area contributed by atoms with Crippen molar-refractivity contribution in [2.24, 2.45) is 7.05 Å². The molecule has 0 aliphatic carbocycles. The van der Waals surface area contributed by atoms with Crippen molar-refractivity contribution in [1.29, 1.82) is 0 Å². The molecule has 0 saturated heterocycles. The fraction of sp³-hybridized carbons (Fsp3) is 0.222. The molecule has 0 radical (unpaired) electrons. The number of pyridine rings is 1. The quantitative estimate of drug-likeness (QED) is 0.544. The van der Waals surface area contributed by atoms with Crippen LogP contribution in [0.25, 0.3) is 11.0 Å². The van der Waals surface area contributed by atoms with E-state index in [9.17, 15) is 4.79 Å². The van der Waals surface area contributed by atoms with Crippen molar-refractivity contribution >= 4 is 28.6 Å². The van der Waals surface area contributed by atoms with Gasteiger partial charge in [0, 0.05) is 13.2 Å². The van der Waals surface area contributed by atoms with E-state index in [4.69, 9.17) is 11.6 Å². The lowest BCUT2D eigenvalue weighted by molar-refractivity contribution is 0.0583. The SMILES string of the molecule is COC(=O)c1nc2ccnc(Cl)c2n1C. The smallest absolute Gasteiger partial charge is 0.374 e. The van der Waals surface area contributed by atoms with Gasteiger partial charge in [0.05, 0.1) is 12.6 Å². The van der Waals surface area contributed by atoms with Crippen molar-refractivity contribution in [1.82, 2.24) is 14.5 Å². The first kappa shape index (κ1) is 9.92. The number of hydrogen-bond donors (Lipinski definition) is 0. The van der Waals surface area contributed by atoms with E-state index >= 15 is 0 Å². The maximum atomic E-state index is 11.3. The largest absolute Gasteiger partial charge is 0.463 e. The normalized spacial score (nSPS) is 10.6. The molecule has 0 fully saturated rings. The Labute approximate surface area is 90.6 Å². The van der Waals surface area contributed by atoms with Crippen LogP contribution in [0.2, 0.25) is 5.15 Å². The third kappa shape index (κ3) is 1.45. The predicted octanol–water partition coefficient (Wildman–Crippen LogP) is 1.41. The molecule has 0 spiro atoms. The molecule has 0 unspecified atom stereocenters. The number of nitrogens with zero attached hydrogens (tertiary/aromatic N) is 3. The zero-order valence-corrected chi connectivity index (χ0v) is 8.95. The molecular formula is C9H8ClN3O2. The van der Waals surface area contributed by atoms with Crippen LogP contribution in [0.5, 0.6) is 0 Å². The van der Waals surface area contributed by atoms with Gasteiger partial charge in [-0.15, -0.1) is 0 Å². The number of aromatic nitrogens is 3. The molecule has 0 aromatic carbocycles. The summed E-state index contributed by atoms with van der Waals surface area (Å²) in [5.74, 6) is -0.285. The Hall–Kier alpha value is -1.62. The fourth-order valence-corrected chi connectivity index (χ4v) is 1.67. The van der Waals surface area contributed by atoms with Crippen molar-refractivity contribution in [2.75, 3.05) is 7.11 Å². The van der Waals surface area contributed by atoms with E-state index in [1.165, 1.54) is 7.11 Å². The highest BCUT2D eigenvalue weighted by Gasteiger charge is 2.17. The molecule has 0 saturated carbocycles. The van der Waals surface area contributed by atoms with Gasteiger partial charge in [0.15, 0.2) is 5.15 Å². The summed E-state index contributed by atoms with van der Waals surface area (Å²) in [6, 6.07) is 1.69. The van der Waals surface area contributed by atoms with Gasteiger partial charge in [-0.25, -0.2) is 14.8 Å². The first-order valence-corrected chi connectivity index (χ1v) is 4.58. The van der Waals surface area contributed by atoms with Crippen molar-refractivity contribution < 1.29 is 9.53 Å². The van der Waals surface area contributed by atoms with Crippen molar-refractivity contribution in [3.05, 3.63) is 23.2 Å². The molecule has 0 amide bonds. The van der Waals surface area contributed by atoms with Crippen LogP contribution in [0.1, 0.15) is 10.6 Å². The molecule has 0 aliphatic heterocycles. The molecule has 6 heteroatoms. The molecule has 0 bridgehead atoms. The number of hydrogen-bond acceptors (Lipinski definition) is 4. The van der Waals surface area contributed by atoms with Crippen LogP contribution in [-0.2, 0) is 11.8 Å². The molecule has 15 heavy (non-hydrogen) atoms. The summed E-state index contributed by atoms with van der Waals surface area (Å²) in [5, 5.41) is 0.317. The predicted molar refractivity (Wildman–Crippen MR) is 54.9 cm³/mol. The summed E-state index contributed by atoms with van der Waals surface area (Å²) in [6.07, 6.45) is 1.54. The first-order chi connectivity index (χ1) is 7.15. The van der Waals surface area contributed by atoms with Gasteiger partial charge in [-0.1, -0.05) is 11.6 Å². The monoisotopic (exact) mass is 225 g/mol. The number of carbonyl (C=O) groups is 1. The maximum Gasteiger partial charge on any atom is 0.374 e. The molecule has 2 rings (SSSR count). The molecule has 2 aromatic rings. The van der Waals surface area contributed by atoms with Crippen LogP contribution in [0, 0.1) is 0 Å². The molecule has 2 aromatic heterocycles. The van der Waals surface area contributed by atoms with Crippen LogP contribution in [0.4, 0.5) is 0 Å². The lowest BCUT2D eigenvalue weighted by Gasteiger charge is -1.99. The average Bonchev–Trinajstić information content (AvgIpc) is 2.56. The van der Waals surface area contributed by atoms with Gasteiger partial charge < -0.3 is 9.30 Å². The number of fused-ring (bicyclic) bond motifs is 1. The van der Waals surface area contributed by atoms with E-state index in [1.54, 1.807) is 23.9 Å². The van der Waals surface area contributed by atoms with E-state index in [2.05, 4.69) is 14.7 Å². The van der Waals surface area contributed by atoms with E-state index in [0.29, 0.717) is 16.2 Å². The highest BCUT2D eigenvalue weighted by Crippen LogP contribution is 2.21. The third-order valence-electron chi connectivity index (χ3n) is 2.11. The van der Waals surface area contributed by atoms with Crippen LogP contribution in [0.15, 0.2) is 12.3 Å². The number of carbonyl (C=O) groups excluding carboxylic acids is 1. The second-order valence-corrected chi connectivity index (χ2v) is 3.31. The summed E-state index contributed by atoms with van der Waals surface area (Å²) in [5.41, 5.74) is 1.25. The molecule has 0 aliphatic rings. The van der Waals surface area contributed by atoms with Crippen LogP contribution < -0.4 is 0 Å². The van der Waals surface area contributed by atoms with Crippen molar-refractivity contribution in [3.63, 3.8) is 0 Å². The zero-order chi connectivity index (χ0) is 11.0. The number of esters is 1. The molecule has 0 N–H and O–H groups in total. The Balaban J connectivity index is 2.75. The number of methoxy groups -OCH3 is 1. The van der Waals surface area contributed by atoms with Crippen LogP contribution in [0.3, 0.4) is 0 Å². The maximum absolute atomic E-state index is 11.3. The second-order valence-electron chi connectivity index (χ2n) is 2.96. The van der Waals surface area contributed by atoms with Crippen LogP contribution >= 0.6 is 11.6 Å². The molecule has 2 heterocycles. The summed E-state index contributed by atoms with van der Waals surface area (Å²) in [6.45, 7) is 0. The molecule has 78 valence electrons.